The van der Waals surface area contributed by atoms with E-state index in [2.05, 4.69) is 22.4 Å². The molecule has 0 bridgehead atoms. The molecule has 19 heavy (non-hydrogen) atoms. The SMILES string of the molecule is Cc1nn(CC(=O)NC2CCN(C)CC2)c(C)c1N. The Labute approximate surface area is 113 Å². The fraction of sp³-hybridized carbons (Fsp3) is 0.692. The monoisotopic (exact) mass is 265 g/mol. The maximum Gasteiger partial charge on any atom is 0.241 e. The van der Waals surface area contributed by atoms with Crippen molar-refractivity contribution in [3.63, 3.8) is 0 Å². The van der Waals surface area contributed by atoms with Crippen molar-refractivity contribution >= 4 is 11.6 Å². The largest absolute Gasteiger partial charge is 0.396 e. The highest BCUT2D eigenvalue weighted by molar-refractivity contribution is 5.76. The third kappa shape index (κ3) is 3.26. The minimum absolute atomic E-state index is 0.0140. The average Bonchev–Trinajstić information content (AvgIpc) is 2.60. The first kappa shape index (κ1) is 13.9. The van der Waals surface area contributed by atoms with Gasteiger partial charge in [0.15, 0.2) is 0 Å². The van der Waals surface area contributed by atoms with Crippen LogP contribution in [0.4, 0.5) is 5.69 Å². The minimum Gasteiger partial charge on any atom is -0.396 e. The molecule has 0 saturated carbocycles. The summed E-state index contributed by atoms with van der Waals surface area (Å²) in [5.74, 6) is 0.0140. The quantitative estimate of drug-likeness (QED) is 0.824. The lowest BCUT2D eigenvalue weighted by atomic mass is 10.1. The standard InChI is InChI=1S/C13H23N5O/c1-9-13(14)10(2)18(16-9)8-12(19)15-11-4-6-17(3)7-5-11/h11H,4-8,14H2,1-3H3,(H,15,19). The third-order valence-electron chi connectivity index (χ3n) is 3.81. The maximum atomic E-state index is 12.0. The Bertz CT molecular complexity index is 460. The van der Waals surface area contributed by atoms with Crippen molar-refractivity contribution in [2.24, 2.45) is 0 Å². The van der Waals surface area contributed by atoms with Crippen LogP contribution in [0.15, 0.2) is 0 Å². The average molecular weight is 265 g/mol. The van der Waals surface area contributed by atoms with Gasteiger partial charge in [-0.1, -0.05) is 0 Å². The lowest BCUT2D eigenvalue weighted by Gasteiger charge is -2.29. The normalized spacial score (nSPS) is 17.6. The number of rotatable bonds is 3. The van der Waals surface area contributed by atoms with Gasteiger partial charge in [0.05, 0.1) is 17.1 Å². The molecule has 0 radical (unpaired) electrons. The van der Waals surface area contributed by atoms with E-state index in [9.17, 15) is 4.79 Å². The van der Waals surface area contributed by atoms with Gasteiger partial charge in [0.2, 0.25) is 5.91 Å². The number of likely N-dealkylation sites (tertiary alicyclic amines) is 1. The van der Waals surface area contributed by atoms with Crippen LogP contribution in [0.25, 0.3) is 0 Å². The number of nitrogens with zero attached hydrogens (tertiary/aromatic N) is 3. The third-order valence-corrected chi connectivity index (χ3v) is 3.81. The fourth-order valence-corrected chi connectivity index (χ4v) is 2.43. The number of anilines is 1. The van der Waals surface area contributed by atoms with Gasteiger partial charge in [0.1, 0.15) is 6.54 Å². The van der Waals surface area contributed by atoms with Gasteiger partial charge >= 0.3 is 0 Å². The lowest BCUT2D eigenvalue weighted by molar-refractivity contribution is -0.122. The number of hydrogen-bond donors (Lipinski definition) is 2. The van der Waals surface area contributed by atoms with Crippen LogP contribution in [0, 0.1) is 13.8 Å². The molecular weight excluding hydrogens is 242 g/mol. The molecule has 0 aromatic carbocycles. The summed E-state index contributed by atoms with van der Waals surface area (Å²) in [5.41, 5.74) is 8.17. The van der Waals surface area contributed by atoms with Gasteiger partial charge in [-0.2, -0.15) is 5.10 Å². The number of nitrogen functional groups attached to an aromatic ring is 1. The van der Waals surface area contributed by atoms with Gasteiger partial charge in [0.25, 0.3) is 0 Å². The molecule has 106 valence electrons. The van der Waals surface area contributed by atoms with Crippen LogP contribution in [0.2, 0.25) is 0 Å². The van der Waals surface area contributed by atoms with Gasteiger partial charge in [0, 0.05) is 6.04 Å². The Morgan fingerprint density at radius 1 is 1.42 bits per heavy atom. The van der Waals surface area contributed by atoms with Gasteiger partial charge in [-0.15, -0.1) is 0 Å². The Balaban J connectivity index is 1.89. The van der Waals surface area contributed by atoms with Crippen molar-refractivity contribution in [1.29, 1.82) is 0 Å². The molecule has 1 saturated heterocycles. The predicted octanol–water partition coefficient (Wildman–Crippen LogP) is 0.293. The molecule has 1 aliphatic heterocycles. The number of nitrogens with one attached hydrogen (secondary N) is 1. The molecule has 1 amide bonds. The Hall–Kier alpha value is -1.56. The summed E-state index contributed by atoms with van der Waals surface area (Å²) >= 11 is 0. The summed E-state index contributed by atoms with van der Waals surface area (Å²) in [6.45, 7) is 6.07. The number of aryl methyl sites for hydroxylation is 1. The summed E-state index contributed by atoms with van der Waals surface area (Å²) in [6.07, 6.45) is 2.03. The number of aromatic nitrogens is 2. The zero-order valence-corrected chi connectivity index (χ0v) is 11.9. The van der Waals surface area contributed by atoms with Gasteiger partial charge < -0.3 is 16.0 Å². The number of carbonyl (C=O) groups excluding carboxylic acids is 1. The fourth-order valence-electron chi connectivity index (χ4n) is 2.43. The topological polar surface area (TPSA) is 76.2 Å². The summed E-state index contributed by atoms with van der Waals surface area (Å²) < 4.78 is 1.68. The second-order valence-electron chi connectivity index (χ2n) is 5.39. The molecule has 0 atom stereocenters. The van der Waals surface area contributed by atoms with E-state index in [1.165, 1.54) is 0 Å². The van der Waals surface area contributed by atoms with E-state index in [0.717, 1.165) is 37.3 Å². The van der Waals surface area contributed by atoms with Crippen LogP contribution >= 0.6 is 0 Å². The highest BCUT2D eigenvalue weighted by Gasteiger charge is 2.19. The molecule has 2 rings (SSSR count). The number of hydrogen-bond acceptors (Lipinski definition) is 4. The van der Waals surface area contributed by atoms with E-state index in [1.54, 1.807) is 4.68 Å². The first-order valence-corrected chi connectivity index (χ1v) is 6.74. The molecule has 0 spiro atoms. The van der Waals surface area contributed by atoms with E-state index < -0.39 is 0 Å². The molecule has 1 aromatic rings. The summed E-state index contributed by atoms with van der Waals surface area (Å²) in [5, 5.41) is 7.35. The van der Waals surface area contributed by atoms with E-state index in [1.807, 2.05) is 13.8 Å². The number of nitrogens with two attached hydrogens (primary N) is 1. The Kier molecular flexibility index (Phi) is 4.09. The molecule has 1 fully saturated rings. The van der Waals surface area contributed by atoms with Crippen LogP contribution < -0.4 is 11.1 Å². The van der Waals surface area contributed by atoms with Crippen molar-refractivity contribution in [3.8, 4) is 0 Å². The zero-order valence-electron chi connectivity index (χ0n) is 11.9. The second-order valence-corrected chi connectivity index (χ2v) is 5.39. The molecule has 0 unspecified atom stereocenters. The van der Waals surface area contributed by atoms with Crippen LogP contribution in [0.5, 0.6) is 0 Å². The molecule has 0 aliphatic carbocycles. The highest BCUT2D eigenvalue weighted by Crippen LogP contribution is 2.14. The molecule has 3 N–H and O–H groups in total. The van der Waals surface area contributed by atoms with Crippen LogP contribution in [0.3, 0.4) is 0 Å². The van der Waals surface area contributed by atoms with Crippen molar-refractivity contribution in [1.82, 2.24) is 20.0 Å². The molecule has 6 nitrogen and oxygen atoms in total. The van der Waals surface area contributed by atoms with Gasteiger partial charge in [-0.25, -0.2) is 0 Å². The highest BCUT2D eigenvalue weighted by atomic mass is 16.2. The van der Waals surface area contributed by atoms with Crippen LogP contribution in [-0.4, -0.2) is 46.8 Å². The first-order valence-electron chi connectivity index (χ1n) is 6.74. The van der Waals surface area contributed by atoms with Crippen molar-refractivity contribution in [2.75, 3.05) is 25.9 Å². The minimum atomic E-state index is 0.0140. The van der Waals surface area contributed by atoms with Crippen LogP contribution in [-0.2, 0) is 11.3 Å². The van der Waals surface area contributed by atoms with E-state index in [0.29, 0.717) is 5.69 Å². The van der Waals surface area contributed by atoms with Gasteiger partial charge in [-0.05, 0) is 46.8 Å². The molecule has 1 aliphatic rings. The van der Waals surface area contributed by atoms with E-state index in [-0.39, 0.29) is 18.5 Å². The number of amides is 1. The Morgan fingerprint density at radius 2 is 2.05 bits per heavy atom. The first-order chi connectivity index (χ1) is 8.97. The molecular formula is C13H23N5O. The summed E-state index contributed by atoms with van der Waals surface area (Å²) in [6, 6.07) is 0.290. The summed E-state index contributed by atoms with van der Waals surface area (Å²) in [7, 11) is 2.11. The predicted molar refractivity (Wildman–Crippen MR) is 74.8 cm³/mol. The van der Waals surface area contributed by atoms with Crippen molar-refractivity contribution in [3.05, 3.63) is 11.4 Å². The lowest BCUT2D eigenvalue weighted by Crippen LogP contribution is -2.44. The molecule has 1 aromatic heterocycles. The maximum absolute atomic E-state index is 12.0. The zero-order chi connectivity index (χ0) is 14.0. The number of piperidine rings is 1. The van der Waals surface area contributed by atoms with Crippen molar-refractivity contribution in [2.45, 2.75) is 39.3 Å². The molecule has 6 heteroatoms. The van der Waals surface area contributed by atoms with Gasteiger partial charge in [-0.3, -0.25) is 9.48 Å². The Morgan fingerprint density at radius 3 is 2.58 bits per heavy atom. The van der Waals surface area contributed by atoms with Crippen LogP contribution in [0.1, 0.15) is 24.2 Å². The molecule has 2 heterocycles. The van der Waals surface area contributed by atoms with E-state index in [4.69, 9.17) is 5.73 Å². The summed E-state index contributed by atoms with van der Waals surface area (Å²) in [4.78, 5) is 14.3. The second kappa shape index (κ2) is 5.61. The van der Waals surface area contributed by atoms with Crippen molar-refractivity contribution < 1.29 is 4.79 Å². The number of carbonyl (C=O) groups is 1. The smallest absolute Gasteiger partial charge is 0.241 e. The van der Waals surface area contributed by atoms with E-state index >= 15 is 0 Å².